The number of aryl methyl sites for hydroxylation is 1. The molecule has 0 amide bonds. The fraction of sp³-hybridized carbons (Fsp3) is 0.625. The molecular weight excluding hydrogens is 222 g/mol. The zero-order valence-corrected chi connectivity index (χ0v) is 12.4. The van der Waals surface area contributed by atoms with Crippen molar-refractivity contribution in [3.05, 3.63) is 35.4 Å². The molecule has 18 heavy (non-hydrogen) atoms. The molecule has 2 nitrogen and oxygen atoms in total. The predicted molar refractivity (Wildman–Crippen MR) is 77.9 cm³/mol. The largest absolute Gasteiger partial charge is 0.391 e. The lowest BCUT2D eigenvalue weighted by atomic mass is 9.82. The lowest BCUT2D eigenvalue weighted by Gasteiger charge is -2.42. The minimum atomic E-state index is -0.329. The number of hydrogen-bond acceptors (Lipinski definition) is 2. The maximum atomic E-state index is 10.6. The lowest BCUT2D eigenvalue weighted by Crippen LogP contribution is -2.53. The Balaban J connectivity index is 2.85. The summed E-state index contributed by atoms with van der Waals surface area (Å²) in [5.41, 5.74) is 2.35. The van der Waals surface area contributed by atoms with Gasteiger partial charge in [-0.3, -0.25) is 0 Å². The number of likely N-dealkylation sites (N-methyl/N-ethyl adjacent to an activating group) is 1. The van der Waals surface area contributed by atoms with Gasteiger partial charge in [-0.25, -0.2) is 0 Å². The van der Waals surface area contributed by atoms with Gasteiger partial charge in [0.25, 0.3) is 0 Å². The van der Waals surface area contributed by atoms with Crippen molar-refractivity contribution >= 4 is 0 Å². The highest BCUT2D eigenvalue weighted by Crippen LogP contribution is 2.28. The number of rotatable bonds is 6. The van der Waals surface area contributed by atoms with E-state index in [2.05, 4.69) is 64.0 Å². The fourth-order valence-electron chi connectivity index (χ4n) is 2.79. The van der Waals surface area contributed by atoms with Gasteiger partial charge in [0.1, 0.15) is 0 Å². The van der Waals surface area contributed by atoms with Gasteiger partial charge in [-0.15, -0.1) is 0 Å². The maximum absolute atomic E-state index is 10.6. The van der Waals surface area contributed by atoms with Gasteiger partial charge >= 0.3 is 0 Å². The van der Waals surface area contributed by atoms with Crippen LogP contribution >= 0.6 is 0 Å². The van der Waals surface area contributed by atoms with E-state index in [4.69, 9.17) is 0 Å². The quantitative estimate of drug-likeness (QED) is 0.837. The van der Waals surface area contributed by atoms with Crippen molar-refractivity contribution < 1.29 is 5.11 Å². The van der Waals surface area contributed by atoms with Crippen LogP contribution in [0.4, 0.5) is 0 Å². The van der Waals surface area contributed by atoms with Crippen molar-refractivity contribution in [3.8, 4) is 0 Å². The second kappa shape index (κ2) is 6.35. The summed E-state index contributed by atoms with van der Waals surface area (Å²) in [7, 11) is 4.12. The minimum Gasteiger partial charge on any atom is -0.391 e. The van der Waals surface area contributed by atoms with Crippen LogP contribution in [0.5, 0.6) is 0 Å². The highest BCUT2D eigenvalue weighted by Gasteiger charge is 2.36. The van der Waals surface area contributed by atoms with Crippen LogP contribution in [-0.2, 0) is 6.42 Å². The van der Waals surface area contributed by atoms with E-state index >= 15 is 0 Å². The van der Waals surface area contributed by atoms with Crippen molar-refractivity contribution in [2.75, 3.05) is 14.1 Å². The first-order chi connectivity index (χ1) is 8.46. The van der Waals surface area contributed by atoms with Gasteiger partial charge in [-0.2, -0.15) is 0 Å². The maximum Gasteiger partial charge on any atom is 0.0763 e. The molecule has 0 heterocycles. The standard InChI is InChI=1S/C16H27NO/c1-6-16(7-2,17(4)5)15(18)12-14-10-8-13(3)9-11-14/h8-11,15,18H,6-7,12H2,1-5H3. The summed E-state index contributed by atoms with van der Waals surface area (Å²) in [5, 5.41) is 10.6. The Morgan fingerprint density at radius 2 is 1.61 bits per heavy atom. The lowest BCUT2D eigenvalue weighted by molar-refractivity contribution is -0.0125. The van der Waals surface area contributed by atoms with E-state index in [1.165, 1.54) is 11.1 Å². The van der Waals surface area contributed by atoms with Gasteiger partial charge < -0.3 is 10.0 Å². The van der Waals surface area contributed by atoms with Crippen molar-refractivity contribution in [2.24, 2.45) is 0 Å². The van der Waals surface area contributed by atoms with Crippen LogP contribution in [0.25, 0.3) is 0 Å². The van der Waals surface area contributed by atoms with E-state index in [-0.39, 0.29) is 11.6 Å². The van der Waals surface area contributed by atoms with E-state index in [0.717, 1.165) is 19.3 Å². The van der Waals surface area contributed by atoms with Gasteiger partial charge in [0.05, 0.1) is 6.10 Å². The molecule has 0 aliphatic rings. The van der Waals surface area contributed by atoms with Crippen LogP contribution in [0.2, 0.25) is 0 Å². The summed E-state index contributed by atoms with van der Waals surface area (Å²) in [6.45, 7) is 6.39. The Labute approximate surface area is 112 Å². The molecule has 1 N–H and O–H groups in total. The number of benzene rings is 1. The van der Waals surface area contributed by atoms with Gasteiger partial charge in [0.2, 0.25) is 0 Å². The Bertz CT molecular complexity index is 352. The molecule has 0 spiro atoms. The summed E-state index contributed by atoms with van der Waals surface area (Å²) in [4.78, 5) is 2.17. The Morgan fingerprint density at radius 3 is 2.00 bits per heavy atom. The van der Waals surface area contributed by atoms with Gasteiger partial charge in [0, 0.05) is 12.0 Å². The molecule has 0 bridgehead atoms. The van der Waals surface area contributed by atoms with Crippen LogP contribution in [0.3, 0.4) is 0 Å². The van der Waals surface area contributed by atoms with E-state index in [9.17, 15) is 5.11 Å². The topological polar surface area (TPSA) is 23.5 Å². The third-order valence-corrected chi connectivity index (χ3v) is 4.29. The van der Waals surface area contributed by atoms with Crippen molar-refractivity contribution in [1.29, 1.82) is 0 Å². The van der Waals surface area contributed by atoms with Gasteiger partial charge in [0.15, 0.2) is 0 Å². The van der Waals surface area contributed by atoms with Crippen LogP contribution < -0.4 is 0 Å². The fourth-order valence-corrected chi connectivity index (χ4v) is 2.79. The summed E-state index contributed by atoms with van der Waals surface area (Å²) >= 11 is 0. The molecule has 0 saturated carbocycles. The van der Waals surface area contributed by atoms with E-state index in [1.54, 1.807) is 0 Å². The molecule has 2 heteroatoms. The van der Waals surface area contributed by atoms with E-state index in [1.807, 2.05) is 0 Å². The molecule has 1 aromatic rings. The summed E-state index contributed by atoms with van der Waals surface area (Å²) in [6.07, 6.45) is 2.32. The molecule has 0 aliphatic carbocycles. The third kappa shape index (κ3) is 3.12. The van der Waals surface area contributed by atoms with E-state index < -0.39 is 0 Å². The molecule has 1 atom stereocenters. The van der Waals surface area contributed by atoms with Crippen LogP contribution in [-0.4, -0.2) is 35.7 Å². The molecule has 0 radical (unpaired) electrons. The molecule has 0 aliphatic heterocycles. The summed E-state index contributed by atoms with van der Waals surface area (Å²) in [6, 6.07) is 8.45. The minimum absolute atomic E-state index is 0.120. The van der Waals surface area contributed by atoms with Gasteiger partial charge in [-0.05, 0) is 39.4 Å². The van der Waals surface area contributed by atoms with Crippen molar-refractivity contribution in [3.63, 3.8) is 0 Å². The molecule has 102 valence electrons. The molecule has 0 saturated heterocycles. The number of aliphatic hydroxyl groups is 1. The number of aliphatic hydroxyl groups excluding tert-OH is 1. The molecule has 0 fully saturated rings. The van der Waals surface area contributed by atoms with Crippen molar-refractivity contribution in [2.45, 2.75) is 51.7 Å². The molecule has 0 aromatic heterocycles. The first-order valence-electron chi connectivity index (χ1n) is 6.87. The second-order valence-corrected chi connectivity index (χ2v) is 5.41. The monoisotopic (exact) mass is 249 g/mol. The summed E-state index contributed by atoms with van der Waals surface area (Å²) < 4.78 is 0. The Hall–Kier alpha value is -0.860. The molecule has 1 aromatic carbocycles. The normalized spacial score (nSPS) is 13.9. The van der Waals surface area contributed by atoms with E-state index in [0.29, 0.717) is 0 Å². The average Bonchev–Trinajstić information content (AvgIpc) is 2.34. The smallest absolute Gasteiger partial charge is 0.0763 e. The first-order valence-corrected chi connectivity index (χ1v) is 6.87. The highest BCUT2D eigenvalue weighted by molar-refractivity contribution is 5.22. The predicted octanol–water partition coefficient (Wildman–Crippen LogP) is 3.02. The first kappa shape index (κ1) is 15.2. The van der Waals surface area contributed by atoms with Crippen LogP contribution in [0.15, 0.2) is 24.3 Å². The third-order valence-electron chi connectivity index (χ3n) is 4.29. The second-order valence-electron chi connectivity index (χ2n) is 5.41. The highest BCUT2D eigenvalue weighted by atomic mass is 16.3. The Kier molecular flexibility index (Phi) is 5.36. The van der Waals surface area contributed by atoms with Crippen LogP contribution in [0.1, 0.15) is 37.8 Å². The number of hydrogen-bond donors (Lipinski definition) is 1. The molecule has 1 rings (SSSR count). The number of nitrogens with zero attached hydrogens (tertiary/aromatic N) is 1. The molecule has 1 unspecified atom stereocenters. The zero-order valence-electron chi connectivity index (χ0n) is 12.4. The Morgan fingerprint density at radius 1 is 1.11 bits per heavy atom. The molecular formula is C16H27NO. The SMILES string of the molecule is CCC(CC)(C(O)Cc1ccc(C)cc1)N(C)C. The van der Waals surface area contributed by atoms with Crippen LogP contribution in [0, 0.1) is 6.92 Å². The van der Waals surface area contributed by atoms with Crippen molar-refractivity contribution in [1.82, 2.24) is 4.90 Å². The zero-order chi connectivity index (χ0) is 13.8. The van der Waals surface area contributed by atoms with Gasteiger partial charge in [-0.1, -0.05) is 43.7 Å². The summed E-state index contributed by atoms with van der Waals surface area (Å²) in [5.74, 6) is 0. The average molecular weight is 249 g/mol.